The molecular formula is C13H22N2O6. The molecule has 0 radical (unpaired) electrons. The summed E-state index contributed by atoms with van der Waals surface area (Å²) in [7, 11) is 0. The van der Waals surface area contributed by atoms with Crippen molar-refractivity contribution in [2.45, 2.75) is 58.4 Å². The molecule has 1 heterocycles. The van der Waals surface area contributed by atoms with E-state index in [0.29, 0.717) is 19.4 Å². The summed E-state index contributed by atoms with van der Waals surface area (Å²) in [6.45, 7) is 7.07. The molecular weight excluding hydrogens is 280 g/mol. The van der Waals surface area contributed by atoms with Crippen molar-refractivity contribution in [2.24, 2.45) is 0 Å². The SMILES string of the molecule is CC(NC(=O)OC(C)(C)C)C(=O)N1CCCC1OC(=O)O. The molecule has 120 valence electrons. The molecule has 0 aliphatic carbocycles. The number of carbonyl (C=O) groups is 3. The summed E-state index contributed by atoms with van der Waals surface area (Å²) in [5, 5.41) is 11.1. The zero-order chi connectivity index (χ0) is 16.2. The molecule has 2 unspecified atom stereocenters. The summed E-state index contributed by atoms with van der Waals surface area (Å²) in [6.07, 6.45) is -1.80. The summed E-state index contributed by atoms with van der Waals surface area (Å²) in [5.41, 5.74) is -0.657. The van der Waals surface area contributed by atoms with Crippen molar-refractivity contribution in [3.8, 4) is 0 Å². The number of likely N-dealkylation sites (tertiary alicyclic amines) is 1. The van der Waals surface area contributed by atoms with Gasteiger partial charge < -0.3 is 24.8 Å². The fourth-order valence-corrected chi connectivity index (χ4v) is 2.02. The van der Waals surface area contributed by atoms with E-state index in [0.717, 1.165) is 0 Å². The Balaban J connectivity index is 2.57. The summed E-state index contributed by atoms with van der Waals surface area (Å²) >= 11 is 0. The van der Waals surface area contributed by atoms with E-state index in [9.17, 15) is 14.4 Å². The van der Waals surface area contributed by atoms with Gasteiger partial charge in [-0.25, -0.2) is 9.59 Å². The van der Waals surface area contributed by atoms with Crippen LogP contribution in [0.5, 0.6) is 0 Å². The van der Waals surface area contributed by atoms with Crippen molar-refractivity contribution in [2.75, 3.05) is 6.54 Å². The van der Waals surface area contributed by atoms with Gasteiger partial charge in [0.05, 0.1) is 0 Å². The van der Waals surface area contributed by atoms with Crippen LogP contribution in [-0.4, -0.2) is 52.6 Å². The van der Waals surface area contributed by atoms with E-state index >= 15 is 0 Å². The minimum Gasteiger partial charge on any atom is -0.450 e. The lowest BCUT2D eigenvalue weighted by molar-refractivity contribution is -0.140. The average molecular weight is 302 g/mol. The lowest BCUT2D eigenvalue weighted by Gasteiger charge is -2.27. The fourth-order valence-electron chi connectivity index (χ4n) is 2.02. The van der Waals surface area contributed by atoms with Crippen molar-refractivity contribution in [1.29, 1.82) is 0 Å². The van der Waals surface area contributed by atoms with Crippen molar-refractivity contribution in [1.82, 2.24) is 10.2 Å². The standard InChI is InChI=1S/C13H22N2O6/c1-8(14-11(17)21-13(2,3)4)10(16)15-7-5-6-9(15)20-12(18)19/h8-9H,5-7H2,1-4H3,(H,14,17)(H,18,19). The molecule has 8 nitrogen and oxygen atoms in total. The van der Waals surface area contributed by atoms with Crippen molar-refractivity contribution < 1.29 is 29.0 Å². The predicted octanol–water partition coefficient (Wildman–Crippen LogP) is 1.54. The number of hydrogen-bond donors (Lipinski definition) is 2. The second-order valence-corrected chi connectivity index (χ2v) is 5.88. The molecule has 1 aliphatic rings. The first-order valence-electron chi connectivity index (χ1n) is 6.80. The monoisotopic (exact) mass is 302 g/mol. The third-order valence-corrected chi connectivity index (χ3v) is 2.82. The van der Waals surface area contributed by atoms with Gasteiger partial charge in [-0.15, -0.1) is 0 Å². The topological polar surface area (TPSA) is 105 Å². The Hall–Kier alpha value is -1.99. The van der Waals surface area contributed by atoms with E-state index in [1.54, 1.807) is 20.8 Å². The van der Waals surface area contributed by atoms with Crippen LogP contribution < -0.4 is 5.32 Å². The molecule has 2 N–H and O–H groups in total. The molecule has 0 bridgehead atoms. The van der Waals surface area contributed by atoms with Crippen LogP contribution in [0.4, 0.5) is 9.59 Å². The maximum absolute atomic E-state index is 12.2. The summed E-state index contributed by atoms with van der Waals surface area (Å²) in [5.74, 6) is -0.399. The zero-order valence-corrected chi connectivity index (χ0v) is 12.7. The van der Waals surface area contributed by atoms with E-state index < -0.39 is 36.0 Å². The van der Waals surface area contributed by atoms with Gasteiger partial charge in [-0.2, -0.15) is 0 Å². The fraction of sp³-hybridized carbons (Fsp3) is 0.769. The third-order valence-electron chi connectivity index (χ3n) is 2.82. The lowest BCUT2D eigenvalue weighted by Crippen LogP contribution is -2.50. The smallest absolute Gasteiger partial charge is 0.450 e. The third kappa shape index (κ3) is 5.49. The van der Waals surface area contributed by atoms with E-state index in [4.69, 9.17) is 9.84 Å². The van der Waals surface area contributed by atoms with Crippen LogP contribution in [0.2, 0.25) is 0 Å². The van der Waals surface area contributed by atoms with Crippen LogP contribution in [0.25, 0.3) is 0 Å². The highest BCUT2D eigenvalue weighted by Crippen LogP contribution is 2.19. The summed E-state index contributed by atoms with van der Waals surface area (Å²) in [4.78, 5) is 35.7. The normalized spacial score (nSPS) is 19.8. The van der Waals surface area contributed by atoms with Crippen LogP contribution in [0.3, 0.4) is 0 Å². The first-order chi connectivity index (χ1) is 9.60. The highest BCUT2D eigenvalue weighted by Gasteiger charge is 2.34. The van der Waals surface area contributed by atoms with Gasteiger partial charge in [0.15, 0.2) is 6.23 Å². The molecule has 0 aromatic rings. The molecule has 0 spiro atoms. The number of carbonyl (C=O) groups excluding carboxylic acids is 2. The maximum atomic E-state index is 12.2. The van der Waals surface area contributed by atoms with Crippen molar-refractivity contribution in [3.05, 3.63) is 0 Å². The van der Waals surface area contributed by atoms with Gasteiger partial charge in [-0.05, 0) is 34.1 Å². The van der Waals surface area contributed by atoms with Gasteiger partial charge in [0.1, 0.15) is 11.6 Å². The van der Waals surface area contributed by atoms with E-state index in [-0.39, 0.29) is 0 Å². The number of carboxylic acid groups (broad SMARTS) is 1. The molecule has 21 heavy (non-hydrogen) atoms. The molecule has 2 atom stereocenters. The van der Waals surface area contributed by atoms with Crippen LogP contribution in [0, 0.1) is 0 Å². The van der Waals surface area contributed by atoms with Crippen LogP contribution in [0.1, 0.15) is 40.5 Å². The van der Waals surface area contributed by atoms with Crippen LogP contribution >= 0.6 is 0 Å². The molecule has 0 aromatic carbocycles. The Bertz CT molecular complexity index is 417. The second-order valence-electron chi connectivity index (χ2n) is 5.88. The Morgan fingerprint density at radius 3 is 2.48 bits per heavy atom. The van der Waals surface area contributed by atoms with Gasteiger partial charge in [0, 0.05) is 13.0 Å². The number of alkyl carbamates (subject to hydrolysis) is 1. The number of ether oxygens (including phenoxy) is 2. The number of hydrogen-bond acceptors (Lipinski definition) is 5. The highest BCUT2D eigenvalue weighted by molar-refractivity contribution is 5.85. The molecule has 1 rings (SSSR count). The largest absolute Gasteiger partial charge is 0.507 e. The number of nitrogens with zero attached hydrogens (tertiary/aromatic N) is 1. The Morgan fingerprint density at radius 1 is 1.33 bits per heavy atom. The van der Waals surface area contributed by atoms with Gasteiger partial charge in [-0.3, -0.25) is 4.79 Å². The van der Waals surface area contributed by atoms with Crippen molar-refractivity contribution in [3.63, 3.8) is 0 Å². The Morgan fingerprint density at radius 2 is 1.95 bits per heavy atom. The number of nitrogens with one attached hydrogen (secondary N) is 1. The zero-order valence-electron chi connectivity index (χ0n) is 12.7. The molecule has 1 aliphatic heterocycles. The minimum atomic E-state index is -1.42. The molecule has 1 fully saturated rings. The van der Waals surface area contributed by atoms with E-state index in [2.05, 4.69) is 10.1 Å². The van der Waals surface area contributed by atoms with Gasteiger partial charge in [0.2, 0.25) is 5.91 Å². The highest BCUT2D eigenvalue weighted by atomic mass is 16.7. The van der Waals surface area contributed by atoms with Gasteiger partial charge in [0.25, 0.3) is 0 Å². The molecule has 0 aromatic heterocycles. The average Bonchev–Trinajstić information content (AvgIpc) is 2.72. The van der Waals surface area contributed by atoms with Gasteiger partial charge >= 0.3 is 12.2 Å². The molecule has 8 heteroatoms. The number of rotatable bonds is 3. The van der Waals surface area contributed by atoms with Crippen LogP contribution in [0.15, 0.2) is 0 Å². The predicted molar refractivity (Wildman–Crippen MR) is 72.7 cm³/mol. The second kappa shape index (κ2) is 6.64. The van der Waals surface area contributed by atoms with E-state index in [1.807, 2.05) is 0 Å². The lowest BCUT2D eigenvalue weighted by atomic mass is 10.2. The molecule has 1 saturated heterocycles. The summed E-state index contributed by atoms with van der Waals surface area (Å²) in [6, 6.07) is -0.821. The minimum absolute atomic E-state index is 0.399. The molecule has 0 saturated carbocycles. The first kappa shape index (κ1) is 17.1. The number of amides is 2. The van der Waals surface area contributed by atoms with Gasteiger partial charge in [-0.1, -0.05) is 0 Å². The van der Waals surface area contributed by atoms with Crippen molar-refractivity contribution >= 4 is 18.2 Å². The first-order valence-corrected chi connectivity index (χ1v) is 6.80. The maximum Gasteiger partial charge on any atom is 0.507 e. The summed E-state index contributed by atoms with van der Waals surface area (Å²) < 4.78 is 9.72. The van der Waals surface area contributed by atoms with E-state index in [1.165, 1.54) is 11.8 Å². The Kier molecular flexibility index (Phi) is 5.40. The molecule has 2 amide bonds. The Labute approximate surface area is 123 Å². The van der Waals surface area contributed by atoms with Crippen LogP contribution in [-0.2, 0) is 14.3 Å². The quantitative estimate of drug-likeness (QED) is 0.766.